The zero-order valence-corrected chi connectivity index (χ0v) is 20.0. The Morgan fingerprint density at radius 1 is 0.972 bits per heavy atom. The van der Waals surface area contributed by atoms with Crippen LogP contribution in [0.5, 0.6) is 0 Å². The highest BCUT2D eigenvalue weighted by Crippen LogP contribution is 2.49. The summed E-state index contributed by atoms with van der Waals surface area (Å²) in [5.41, 5.74) is 2.46. The van der Waals surface area contributed by atoms with E-state index in [1.54, 1.807) is 12.1 Å². The summed E-state index contributed by atoms with van der Waals surface area (Å²) in [6, 6.07) is 9.83. The van der Waals surface area contributed by atoms with Gasteiger partial charge < -0.3 is 5.11 Å². The molecule has 0 aliphatic heterocycles. The Bertz CT molecular complexity index is 1230. The number of aliphatic hydroxyl groups excluding tert-OH is 1. The second kappa shape index (κ2) is 9.58. The van der Waals surface area contributed by atoms with Crippen LogP contribution >= 0.6 is 0 Å². The summed E-state index contributed by atoms with van der Waals surface area (Å²) >= 11 is 0. The first-order valence-electron chi connectivity index (χ1n) is 12.4. The van der Waals surface area contributed by atoms with Crippen molar-refractivity contribution in [2.24, 2.45) is 5.92 Å². The van der Waals surface area contributed by atoms with E-state index >= 15 is 4.39 Å². The van der Waals surface area contributed by atoms with Crippen molar-refractivity contribution < 1.29 is 27.1 Å². The van der Waals surface area contributed by atoms with E-state index in [0.29, 0.717) is 35.2 Å². The van der Waals surface area contributed by atoms with Crippen LogP contribution in [0.3, 0.4) is 0 Å². The van der Waals surface area contributed by atoms with Crippen LogP contribution in [0, 0.1) is 11.7 Å². The van der Waals surface area contributed by atoms with Gasteiger partial charge in [0.2, 0.25) is 0 Å². The Labute approximate surface area is 207 Å². The van der Waals surface area contributed by atoms with E-state index in [0.717, 1.165) is 55.6 Å². The Morgan fingerprint density at radius 3 is 2.22 bits per heavy atom. The third-order valence-corrected chi connectivity index (χ3v) is 7.54. The number of halogens is 5. The minimum atomic E-state index is -4.52. The number of benzene rings is 2. The van der Waals surface area contributed by atoms with Gasteiger partial charge in [-0.3, -0.25) is 4.98 Å². The first-order valence-corrected chi connectivity index (χ1v) is 12.4. The van der Waals surface area contributed by atoms with Crippen molar-refractivity contribution in [1.82, 2.24) is 4.98 Å². The lowest BCUT2D eigenvalue weighted by atomic mass is 9.77. The van der Waals surface area contributed by atoms with Crippen molar-refractivity contribution in [3.05, 3.63) is 88.0 Å². The summed E-state index contributed by atoms with van der Waals surface area (Å²) in [5, 5.41) is 11.1. The highest BCUT2D eigenvalue weighted by atomic mass is 19.4. The van der Waals surface area contributed by atoms with Crippen molar-refractivity contribution in [2.75, 3.05) is 0 Å². The lowest BCUT2D eigenvalue weighted by Crippen LogP contribution is -2.23. The number of aliphatic hydroxyl groups is 1. The number of rotatable bonds is 4. The highest BCUT2D eigenvalue weighted by molar-refractivity contribution is 5.75. The summed E-state index contributed by atoms with van der Waals surface area (Å²) < 4.78 is 69.8. The van der Waals surface area contributed by atoms with E-state index in [1.165, 1.54) is 12.1 Å². The van der Waals surface area contributed by atoms with Gasteiger partial charge in [0.25, 0.3) is 0 Å². The molecular weight excluding hydrogens is 473 g/mol. The average Bonchev–Trinajstić information content (AvgIpc) is 3.37. The normalized spacial score (nSPS) is 21.4. The SMILES string of the molecule is CC1Cc2nc(C3CCCC3)c(C(F)c3ccc(C(F)(F)F)cc3)c(-c3ccc(F)cc3)c2C(O)C1. The van der Waals surface area contributed by atoms with Gasteiger partial charge >= 0.3 is 6.18 Å². The van der Waals surface area contributed by atoms with Crippen LogP contribution in [0.4, 0.5) is 22.0 Å². The maximum atomic E-state index is 16.5. The van der Waals surface area contributed by atoms with Gasteiger partial charge in [0.05, 0.1) is 17.4 Å². The minimum Gasteiger partial charge on any atom is -0.388 e. The summed E-state index contributed by atoms with van der Waals surface area (Å²) in [7, 11) is 0. The Balaban J connectivity index is 1.76. The maximum absolute atomic E-state index is 16.5. The molecule has 1 N–H and O–H groups in total. The number of aromatic nitrogens is 1. The molecule has 2 aliphatic rings. The van der Waals surface area contributed by atoms with E-state index < -0.39 is 29.8 Å². The zero-order chi connectivity index (χ0) is 25.6. The predicted octanol–water partition coefficient (Wildman–Crippen LogP) is 8.24. The molecular formula is C29H28F5NO. The summed E-state index contributed by atoms with van der Waals surface area (Å²) in [4.78, 5) is 4.95. The van der Waals surface area contributed by atoms with Crippen LogP contribution in [0.15, 0.2) is 48.5 Å². The molecule has 0 amide bonds. The lowest BCUT2D eigenvalue weighted by molar-refractivity contribution is -0.137. The van der Waals surface area contributed by atoms with Gasteiger partial charge in [-0.25, -0.2) is 8.78 Å². The van der Waals surface area contributed by atoms with Gasteiger partial charge in [0, 0.05) is 22.7 Å². The fourth-order valence-corrected chi connectivity index (χ4v) is 5.81. The molecule has 2 nitrogen and oxygen atoms in total. The number of fused-ring (bicyclic) bond motifs is 1. The van der Waals surface area contributed by atoms with Crippen LogP contribution in [-0.4, -0.2) is 10.1 Å². The molecule has 1 aromatic heterocycles. The highest BCUT2D eigenvalue weighted by Gasteiger charge is 2.36. The van der Waals surface area contributed by atoms with E-state index in [2.05, 4.69) is 0 Å². The lowest BCUT2D eigenvalue weighted by Gasteiger charge is -2.32. The van der Waals surface area contributed by atoms with Crippen molar-refractivity contribution in [3.63, 3.8) is 0 Å². The number of alkyl halides is 4. The van der Waals surface area contributed by atoms with E-state index in [4.69, 9.17) is 4.98 Å². The predicted molar refractivity (Wildman–Crippen MR) is 128 cm³/mol. The van der Waals surface area contributed by atoms with Crippen LogP contribution in [-0.2, 0) is 12.6 Å². The summed E-state index contributed by atoms with van der Waals surface area (Å²) in [6.45, 7) is 2.04. The summed E-state index contributed by atoms with van der Waals surface area (Å²) in [5.74, 6) is -0.223. The zero-order valence-electron chi connectivity index (χ0n) is 20.0. The van der Waals surface area contributed by atoms with Crippen LogP contribution < -0.4 is 0 Å². The molecule has 0 bridgehead atoms. The van der Waals surface area contributed by atoms with Crippen LogP contribution in [0.1, 0.15) is 90.9 Å². The molecule has 1 fully saturated rings. The van der Waals surface area contributed by atoms with Gasteiger partial charge in [0.1, 0.15) is 5.82 Å². The van der Waals surface area contributed by atoms with Crippen molar-refractivity contribution >= 4 is 0 Å². The maximum Gasteiger partial charge on any atom is 0.416 e. The van der Waals surface area contributed by atoms with Gasteiger partial charge in [0.15, 0.2) is 6.17 Å². The fourth-order valence-electron chi connectivity index (χ4n) is 5.81. The molecule has 5 rings (SSSR count). The quantitative estimate of drug-likeness (QED) is 0.365. The number of pyridine rings is 1. The Hall–Kier alpha value is -2.80. The van der Waals surface area contributed by atoms with Gasteiger partial charge in [-0.15, -0.1) is 0 Å². The third kappa shape index (κ3) is 4.65. The molecule has 0 radical (unpaired) electrons. The third-order valence-electron chi connectivity index (χ3n) is 7.54. The molecule has 0 saturated heterocycles. The molecule has 0 spiro atoms. The molecule has 1 saturated carbocycles. The topological polar surface area (TPSA) is 33.1 Å². The van der Waals surface area contributed by atoms with Gasteiger partial charge in [-0.2, -0.15) is 13.2 Å². The smallest absolute Gasteiger partial charge is 0.388 e. The van der Waals surface area contributed by atoms with E-state index in [1.807, 2.05) is 6.92 Å². The Morgan fingerprint density at radius 2 is 1.61 bits per heavy atom. The van der Waals surface area contributed by atoms with E-state index in [9.17, 15) is 22.7 Å². The fraction of sp³-hybridized carbons (Fsp3) is 0.414. The molecule has 190 valence electrons. The van der Waals surface area contributed by atoms with Crippen LogP contribution in [0.25, 0.3) is 11.1 Å². The first kappa shape index (κ1) is 24.9. The number of nitrogens with zero attached hydrogens (tertiary/aromatic N) is 1. The standard InChI is InChI=1S/C29H28F5NO/c1-16-14-22-25(23(36)15-16)24(17-8-12-21(30)13-9-17)26(28(35-22)19-4-2-3-5-19)27(31)18-6-10-20(11-7-18)29(32,33)34/h6-13,16,19,23,27,36H,2-5,14-15H2,1H3. The second-order valence-corrected chi connectivity index (χ2v) is 10.2. The molecule has 3 atom stereocenters. The molecule has 1 heterocycles. The van der Waals surface area contributed by atoms with Gasteiger partial charge in [-0.05, 0) is 72.6 Å². The van der Waals surface area contributed by atoms with Gasteiger partial charge in [-0.1, -0.05) is 44.0 Å². The van der Waals surface area contributed by atoms with Crippen molar-refractivity contribution in [2.45, 2.75) is 69.8 Å². The first-order chi connectivity index (χ1) is 17.1. The second-order valence-electron chi connectivity index (χ2n) is 10.2. The summed E-state index contributed by atoms with van der Waals surface area (Å²) in [6.07, 6.45) is -2.35. The monoisotopic (exact) mass is 501 g/mol. The Kier molecular flexibility index (Phi) is 6.62. The molecule has 2 aromatic carbocycles. The molecule has 2 aliphatic carbocycles. The molecule has 7 heteroatoms. The van der Waals surface area contributed by atoms with Crippen molar-refractivity contribution in [3.8, 4) is 11.1 Å². The molecule has 3 unspecified atom stereocenters. The van der Waals surface area contributed by atoms with Crippen molar-refractivity contribution in [1.29, 1.82) is 0 Å². The minimum absolute atomic E-state index is 0.0200. The molecule has 3 aromatic rings. The molecule has 36 heavy (non-hydrogen) atoms. The number of hydrogen-bond acceptors (Lipinski definition) is 2. The van der Waals surface area contributed by atoms with E-state index in [-0.39, 0.29) is 23.0 Å². The average molecular weight is 502 g/mol. The van der Waals surface area contributed by atoms with Crippen LogP contribution in [0.2, 0.25) is 0 Å². The largest absolute Gasteiger partial charge is 0.416 e. The number of hydrogen-bond donors (Lipinski definition) is 1.